The van der Waals surface area contributed by atoms with Gasteiger partial charge in [0.25, 0.3) is 0 Å². The van der Waals surface area contributed by atoms with Gasteiger partial charge < -0.3 is 10.4 Å². The van der Waals surface area contributed by atoms with Crippen LogP contribution < -0.4 is 5.32 Å². The van der Waals surface area contributed by atoms with Gasteiger partial charge in [-0.25, -0.2) is 4.79 Å². The van der Waals surface area contributed by atoms with Gasteiger partial charge in [0.2, 0.25) is 5.91 Å². The molecule has 1 aromatic carbocycles. The maximum atomic E-state index is 12.5. The van der Waals surface area contributed by atoms with Crippen molar-refractivity contribution in [3.63, 3.8) is 0 Å². The van der Waals surface area contributed by atoms with Crippen molar-refractivity contribution in [1.82, 2.24) is 5.32 Å². The van der Waals surface area contributed by atoms with E-state index in [0.717, 1.165) is 30.6 Å². The Morgan fingerprint density at radius 2 is 2.10 bits per heavy atom. The lowest BCUT2D eigenvalue weighted by molar-refractivity contribution is -0.142. The number of carboxylic acids is 1. The molecule has 1 heterocycles. The van der Waals surface area contributed by atoms with Crippen LogP contribution >= 0.6 is 11.8 Å². The number of aryl methyl sites for hydroxylation is 1. The zero-order chi connectivity index (χ0) is 14.8. The average Bonchev–Trinajstić information content (AvgIpc) is 3.29. The minimum atomic E-state index is -0.927. The molecule has 0 radical (unpaired) electrons. The number of carbonyl (C=O) groups excluding carboxylic acids is 1. The molecule has 1 aliphatic heterocycles. The molecule has 2 aliphatic rings. The van der Waals surface area contributed by atoms with Crippen LogP contribution in [0.25, 0.3) is 0 Å². The predicted octanol–water partition coefficient (Wildman–Crippen LogP) is 2.39. The van der Waals surface area contributed by atoms with Gasteiger partial charge in [-0.3, -0.25) is 4.79 Å². The maximum Gasteiger partial charge on any atom is 0.326 e. The van der Waals surface area contributed by atoms with Crippen molar-refractivity contribution >= 4 is 23.6 Å². The topological polar surface area (TPSA) is 66.4 Å². The molecule has 2 atom stereocenters. The second kappa shape index (κ2) is 6.10. The molecular formula is C16H19NO3S. The third-order valence-corrected chi connectivity index (χ3v) is 5.35. The summed E-state index contributed by atoms with van der Waals surface area (Å²) in [5, 5.41) is 11.7. The summed E-state index contributed by atoms with van der Waals surface area (Å²) in [7, 11) is 0. The molecule has 112 valence electrons. The minimum absolute atomic E-state index is 0.166. The summed E-state index contributed by atoms with van der Waals surface area (Å²) in [6.45, 7) is 0. The Morgan fingerprint density at radius 3 is 2.81 bits per heavy atom. The lowest BCUT2D eigenvalue weighted by Gasteiger charge is -2.25. The quantitative estimate of drug-likeness (QED) is 0.876. The number of carbonyl (C=O) groups is 2. The van der Waals surface area contributed by atoms with Crippen LogP contribution in [0.1, 0.15) is 35.6 Å². The first-order valence-corrected chi connectivity index (χ1v) is 8.42. The number of fused-ring (bicyclic) bond motifs is 1. The summed E-state index contributed by atoms with van der Waals surface area (Å²) < 4.78 is 0. The van der Waals surface area contributed by atoms with Crippen LogP contribution in [0.3, 0.4) is 0 Å². The highest BCUT2D eigenvalue weighted by Gasteiger charge is 2.33. The molecule has 2 unspecified atom stereocenters. The summed E-state index contributed by atoms with van der Waals surface area (Å²) in [5.74, 6) is 0.275. The molecule has 5 heteroatoms. The summed E-state index contributed by atoms with van der Waals surface area (Å²) in [5.41, 5.74) is 2.23. The van der Waals surface area contributed by atoms with E-state index < -0.39 is 12.0 Å². The standard InChI is InChI=1S/C16H19NO3S/c18-15(17-13(16(19)20)9-10-5-6-10)14-12-4-2-1-3-11(12)7-8-21-14/h1-4,10,13-14H,5-9H2,(H,17,18)(H,19,20). The largest absolute Gasteiger partial charge is 0.480 e. The number of hydrogen-bond donors (Lipinski definition) is 2. The molecule has 0 spiro atoms. The molecule has 0 saturated heterocycles. The number of amides is 1. The SMILES string of the molecule is O=C(O)C(CC1CC1)NC(=O)C1SCCc2ccccc21. The highest BCUT2D eigenvalue weighted by molar-refractivity contribution is 8.00. The Kier molecular flexibility index (Phi) is 4.19. The zero-order valence-electron chi connectivity index (χ0n) is 11.7. The fraction of sp³-hybridized carbons (Fsp3) is 0.500. The van der Waals surface area contributed by atoms with Gasteiger partial charge in [0.05, 0.1) is 0 Å². The molecule has 1 aromatic rings. The number of nitrogens with one attached hydrogen (secondary N) is 1. The second-order valence-electron chi connectivity index (χ2n) is 5.78. The lowest BCUT2D eigenvalue weighted by atomic mass is 10.0. The van der Waals surface area contributed by atoms with Crippen LogP contribution in [-0.2, 0) is 16.0 Å². The average molecular weight is 305 g/mol. The maximum absolute atomic E-state index is 12.5. The molecule has 2 N–H and O–H groups in total. The third kappa shape index (κ3) is 3.40. The summed E-state index contributed by atoms with van der Waals surface area (Å²) >= 11 is 1.60. The van der Waals surface area contributed by atoms with Gasteiger partial charge in [-0.1, -0.05) is 37.1 Å². The Hall–Kier alpha value is -1.49. The van der Waals surface area contributed by atoms with E-state index in [-0.39, 0.29) is 11.2 Å². The van der Waals surface area contributed by atoms with Crippen molar-refractivity contribution in [2.75, 3.05) is 5.75 Å². The van der Waals surface area contributed by atoms with E-state index in [2.05, 4.69) is 5.32 Å². The molecular weight excluding hydrogens is 286 g/mol. The van der Waals surface area contributed by atoms with Gasteiger partial charge >= 0.3 is 5.97 Å². The number of benzene rings is 1. The molecule has 21 heavy (non-hydrogen) atoms. The van der Waals surface area contributed by atoms with E-state index in [1.54, 1.807) is 11.8 Å². The van der Waals surface area contributed by atoms with E-state index in [4.69, 9.17) is 0 Å². The molecule has 4 nitrogen and oxygen atoms in total. The number of carboxylic acid groups (broad SMARTS) is 1. The van der Waals surface area contributed by atoms with Crippen molar-refractivity contribution in [3.05, 3.63) is 35.4 Å². The lowest BCUT2D eigenvalue weighted by Crippen LogP contribution is -2.43. The van der Waals surface area contributed by atoms with Crippen molar-refractivity contribution in [1.29, 1.82) is 0 Å². The van der Waals surface area contributed by atoms with Gasteiger partial charge in [-0.05, 0) is 35.6 Å². The minimum Gasteiger partial charge on any atom is -0.480 e. The van der Waals surface area contributed by atoms with Gasteiger partial charge in [-0.15, -0.1) is 11.8 Å². The van der Waals surface area contributed by atoms with Gasteiger partial charge in [-0.2, -0.15) is 0 Å². The number of thioether (sulfide) groups is 1. The Balaban J connectivity index is 1.71. The van der Waals surface area contributed by atoms with Gasteiger partial charge in [0.1, 0.15) is 11.3 Å². The molecule has 0 bridgehead atoms. The van der Waals surface area contributed by atoms with Crippen molar-refractivity contribution in [2.45, 2.75) is 37.0 Å². The van der Waals surface area contributed by atoms with Crippen molar-refractivity contribution in [2.24, 2.45) is 5.92 Å². The van der Waals surface area contributed by atoms with Crippen LogP contribution in [0.15, 0.2) is 24.3 Å². The van der Waals surface area contributed by atoms with Gasteiger partial charge in [0, 0.05) is 0 Å². The Labute approximate surface area is 128 Å². The van der Waals surface area contributed by atoms with Crippen LogP contribution in [0, 0.1) is 5.92 Å². The summed E-state index contributed by atoms with van der Waals surface area (Å²) in [6.07, 6.45) is 3.69. The summed E-state index contributed by atoms with van der Waals surface area (Å²) in [4.78, 5) is 23.8. The monoisotopic (exact) mass is 305 g/mol. The Bertz CT molecular complexity index is 556. The molecule has 1 amide bonds. The van der Waals surface area contributed by atoms with Crippen molar-refractivity contribution in [3.8, 4) is 0 Å². The Morgan fingerprint density at radius 1 is 1.33 bits per heavy atom. The van der Waals surface area contributed by atoms with Crippen LogP contribution in [0.5, 0.6) is 0 Å². The number of hydrogen-bond acceptors (Lipinski definition) is 3. The fourth-order valence-corrected chi connectivity index (χ4v) is 3.97. The second-order valence-corrected chi connectivity index (χ2v) is 6.99. The number of aliphatic carboxylic acids is 1. The van der Waals surface area contributed by atoms with E-state index >= 15 is 0 Å². The smallest absolute Gasteiger partial charge is 0.326 e. The zero-order valence-corrected chi connectivity index (χ0v) is 12.6. The highest BCUT2D eigenvalue weighted by atomic mass is 32.2. The van der Waals surface area contributed by atoms with E-state index in [0.29, 0.717) is 12.3 Å². The van der Waals surface area contributed by atoms with E-state index in [1.165, 1.54) is 5.56 Å². The highest BCUT2D eigenvalue weighted by Crippen LogP contribution is 2.37. The first-order chi connectivity index (χ1) is 10.1. The number of rotatable bonds is 5. The van der Waals surface area contributed by atoms with Crippen LogP contribution in [0.2, 0.25) is 0 Å². The normalized spacial score (nSPS) is 22.2. The molecule has 1 fully saturated rings. The first kappa shape index (κ1) is 14.4. The van der Waals surface area contributed by atoms with Crippen LogP contribution in [0.4, 0.5) is 0 Å². The first-order valence-electron chi connectivity index (χ1n) is 7.37. The molecule has 1 saturated carbocycles. The van der Waals surface area contributed by atoms with E-state index in [1.807, 2.05) is 24.3 Å². The molecule has 1 aliphatic carbocycles. The third-order valence-electron chi connectivity index (χ3n) is 4.11. The fourth-order valence-electron chi connectivity index (χ4n) is 2.77. The van der Waals surface area contributed by atoms with Gasteiger partial charge in [0.15, 0.2) is 0 Å². The summed E-state index contributed by atoms with van der Waals surface area (Å²) in [6, 6.07) is 7.19. The van der Waals surface area contributed by atoms with Crippen molar-refractivity contribution < 1.29 is 14.7 Å². The van der Waals surface area contributed by atoms with Crippen LogP contribution in [-0.4, -0.2) is 28.8 Å². The van der Waals surface area contributed by atoms with E-state index in [9.17, 15) is 14.7 Å². The molecule has 0 aromatic heterocycles. The predicted molar refractivity (Wildman–Crippen MR) is 82.3 cm³/mol. The molecule has 3 rings (SSSR count).